The van der Waals surface area contributed by atoms with Gasteiger partial charge in [0.1, 0.15) is 16.9 Å². The van der Waals surface area contributed by atoms with Crippen molar-refractivity contribution < 1.29 is 28.0 Å². The summed E-state index contributed by atoms with van der Waals surface area (Å²) in [4.78, 5) is 37.4. The molecule has 5 aromatic rings. The van der Waals surface area contributed by atoms with E-state index in [1.165, 1.54) is 41.1 Å². The summed E-state index contributed by atoms with van der Waals surface area (Å²) in [7, 11) is -4.62. The van der Waals surface area contributed by atoms with Gasteiger partial charge in [0.05, 0.1) is 9.82 Å². The van der Waals surface area contributed by atoms with Crippen molar-refractivity contribution >= 4 is 61.2 Å². The molecule has 14 nitrogen and oxygen atoms in total. The number of hydrogen-bond acceptors (Lipinski definition) is 11. The van der Waals surface area contributed by atoms with Gasteiger partial charge in [-0.05, 0) is 116 Å². The van der Waals surface area contributed by atoms with E-state index in [-0.39, 0.29) is 28.1 Å². The number of hydrogen-bond donors (Lipinski definition) is 4. The zero-order valence-electron chi connectivity index (χ0n) is 35.8. The number of sulfonamides is 1. The molecule has 0 saturated carbocycles. The van der Waals surface area contributed by atoms with Crippen LogP contribution < -0.4 is 14.9 Å². The number of pyridine rings is 1. The summed E-state index contributed by atoms with van der Waals surface area (Å²) in [6.07, 6.45) is 8.05. The average molecular weight is 897 g/mol. The number of allylic oxidation sites excluding steroid dienone is 1. The lowest BCUT2D eigenvalue weighted by atomic mass is 9.72. The molecule has 332 valence electrons. The van der Waals surface area contributed by atoms with Crippen LogP contribution in [-0.2, 0) is 20.4 Å². The number of aliphatic hydroxyl groups is 1. The van der Waals surface area contributed by atoms with Crippen LogP contribution in [0.3, 0.4) is 0 Å². The van der Waals surface area contributed by atoms with Crippen LogP contribution in [-0.4, -0.2) is 91.7 Å². The lowest BCUT2D eigenvalue weighted by molar-refractivity contribution is -0.384. The van der Waals surface area contributed by atoms with Crippen LogP contribution in [0.15, 0.2) is 95.7 Å². The van der Waals surface area contributed by atoms with Crippen molar-refractivity contribution in [2.45, 2.75) is 63.4 Å². The van der Waals surface area contributed by atoms with E-state index >= 15 is 0 Å². The number of amides is 1. The zero-order chi connectivity index (χ0) is 44.5. The largest absolute Gasteiger partial charge is 0.381 e. The first-order chi connectivity index (χ1) is 30.1. The molecule has 3 aromatic carbocycles. The Morgan fingerprint density at radius 2 is 1.79 bits per heavy atom. The third-order valence-corrected chi connectivity index (χ3v) is 14.5. The van der Waals surface area contributed by atoms with Crippen LogP contribution in [0.2, 0.25) is 5.02 Å². The molecule has 8 rings (SSSR count). The Bertz CT molecular complexity index is 2650. The Balaban J connectivity index is 1.04. The smallest absolute Gasteiger partial charge is 0.293 e. The highest BCUT2D eigenvalue weighted by Gasteiger charge is 2.35. The quantitative estimate of drug-likeness (QED) is 0.0662. The van der Waals surface area contributed by atoms with Crippen LogP contribution in [0.5, 0.6) is 0 Å². The Hall–Kier alpha value is -5.32. The standard InChI is InChI=1S/C47H54ClN7O7S/c1-46(2)16-12-34(40(27-46)32-4-6-36(48)7-5-32)30-53-18-20-54(21-19-53)37-8-10-39(41(25-37)47(3,57)35-24-33-13-17-49-44(33)51-29-35)45(56)52-63(60,61)38-9-11-42(43(26-38)55(58)59)50-28-31-14-22-62-23-15-31/h4-11,13,17,24-26,29,31,50,57H,12,14-16,18-23,27-28,30H2,1-3H3,(H,49,51)(H,52,56)/t47-/m0/s1. The van der Waals surface area contributed by atoms with Gasteiger partial charge in [0.2, 0.25) is 0 Å². The van der Waals surface area contributed by atoms with Crippen LogP contribution in [0, 0.1) is 21.4 Å². The summed E-state index contributed by atoms with van der Waals surface area (Å²) in [5, 5.41) is 29.1. The second kappa shape index (κ2) is 18.0. The molecule has 2 aromatic heterocycles. The van der Waals surface area contributed by atoms with Crippen LogP contribution >= 0.6 is 11.6 Å². The number of piperazine rings is 1. The van der Waals surface area contributed by atoms with Gasteiger partial charge < -0.3 is 25.0 Å². The summed E-state index contributed by atoms with van der Waals surface area (Å²) in [5.41, 5.74) is 4.10. The highest BCUT2D eigenvalue weighted by atomic mass is 35.5. The molecule has 2 saturated heterocycles. The van der Waals surface area contributed by atoms with E-state index in [9.17, 15) is 28.4 Å². The fraction of sp³-hybridized carbons (Fsp3) is 0.404. The predicted octanol–water partition coefficient (Wildman–Crippen LogP) is 8.12. The van der Waals surface area contributed by atoms with Crippen LogP contribution in [0.25, 0.3) is 16.6 Å². The number of nitrogens with one attached hydrogen (secondary N) is 3. The van der Waals surface area contributed by atoms with E-state index in [2.05, 4.69) is 55.8 Å². The maximum absolute atomic E-state index is 14.2. The SMILES string of the molecule is CC1(C)CCC(CN2CCN(c3ccc(C(=O)NS(=O)(=O)c4ccc(NCC5CCOCC5)c([N+](=O)[O-])c4)c([C@@](C)(O)c4cnc5[nH]ccc5c4)c3)CC2)=C(c2ccc(Cl)cc2)C1. The molecule has 3 aliphatic rings. The summed E-state index contributed by atoms with van der Waals surface area (Å²) in [5.74, 6) is -0.738. The van der Waals surface area contributed by atoms with E-state index in [1.54, 1.807) is 31.3 Å². The Morgan fingerprint density at radius 1 is 1.05 bits per heavy atom. The van der Waals surface area contributed by atoms with E-state index < -0.39 is 37.0 Å². The maximum atomic E-state index is 14.2. The molecule has 0 bridgehead atoms. The number of aromatic amines is 1. The van der Waals surface area contributed by atoms with Crippen LogP contribution in [0.1, 0.15) is 79.9 Å². The molecular formula is C47H54ClN7O7S. The monoisotopic (exact) mass is 895 g/mol. The fourth-order valence-electron chi connectivity index (χ4n) is 9.01. The number of benzene rings is 3. The Morgan fingerprint density at radius 3 is 2.52 bits per heavy atom. The molecule has 16 heteroatoms. The third-order valence-electron chi connectivity index (χ3n) is 12.9. The number of carbonyl (C=O) groups excluding carboxylic acids is 1. The molecule has 1 aliphatic carbocycles. The van der Waals surface area contributed by atoms with Gasteiger partial charge in [-0.2, -0.15) is 0 Å². The molecule has 0 unspecified atom stereocenters. The zero-order valence-corrected chi connectivity index (χ0v) is 37.4. The molecule has 1 atom stereocenters. The van der Waals surface area contributed by atoms with Gasteiger partial charge in [0, 0.05) is 104 Å². The van der Waals surface area contributed by atoms with Gasteiger partial charge in [-0.15, -0.1) is 0 Å². The molecule has 4 N–H and O–H groups in total. The van der Waals surface area contributed by atoms with Crippen molar-refractivity contribution in [3.63, 3.8) is 0 Å². The van der Waals surface area contributed by atoms with Gasteiger partial charge in [0.25, 0.3) is 21.6 Å². The number of H-pyrrole nitrogens is 1. The van der Waals surface area contributed by atoms with Crippen molar-refractivity contribution in [3.8, 4) is 0 Å². The first-order valence-corrected chi connectivity index (χ1v) is 23.3. The molecule has 0 spiro atoms. The predicted molar refractivity (Wildman–Crippen MR) is 246 cm³/mol. The number of anilines is 2. The van der Waals surface area contributed by atoms with Gasteiger partial charge in [0.15, 0.2) is 0 Å². The highest BCUT2D eigenvalue weighted by Crippen LogP contribution is 2.44. The summed E-state index contributed by atoms with van der Waals surface area (Å²) in [6.45, 7) is 11.7. The van der Waals surface area contributed by atoms with E-state index in [0.29, 0.717) is 44.1 Å². The summed E-state index contributed by atoms with van der Waals surface area (Å²) >= 11 is 6.25. The highest BCUT2D eigenvalue weighted by molar-refractivity contribution is 7.90. The Labute approximate surface area is 372 Å². The van der Waals surface area contributed by atoms with Gasteiger partial charge >= 0.3 is 0 Å². The first-order valence-electron chi connectivity index (χ1n) is 21.5. The fourth-order valence-corrected chi connectivity index (χ4v) is 10.1. The molecule has 4 heterocycles. The summed E-state index contributed by atoms with van der Waals surface area (Å²) in [6, 6.07) is 20.3. The maximum Gasteiger partial charge on any atom is 0.293 e. The molecule has 2 aliphatic heterocycles. The second-order valence-corrected chi connectivity index (χ2v) is 20.1. The first kappa shape index (κ1) is 44.3. The topological polar surface area (TPSA) is 183 Å². The molecule has 0 radical (unpaired) electrons. The van der Waals surface area contributed by atoms with Crippen molar-refractivity contribution in [1.82, 2.24) is 19.6 Å². The van der Waals surface area contributed by atoms with Gasteiger partial charge in [-0.1, -0.05) is 43.2 Å². The van der Waals surface area contributed by atoms with Crippen molar-refractivity contribution in [1.29, 1.82) is 0 Å². The number of ether oxygens (including phenoxy) is 1. The van der Waals surface area contributed by atoms with E-state index in [1.807, 2.05) is 18.2 Å². The number of carbonyl (C=O) groups is 1. The van der Waals surface area contributed by atoms with Crippen molar-refractivity contribution in [2.75, 3.05) is 62.7 Å². The number of nitrogens with zero attached hydrogens (tertiary/aromatic N) is 4. The normalized spacial score (nSPS) is 18.6. The molecular weight excluding hydrogens is 842 g/mol. The van der Waals surface area contributed by atoms with Gasteiger partial charge in [-0.3, -0.25) is 19.8 Å². The van der Waals surface area contributed by atoms with E-state index in [4.69, 9.17) is 16.3 Å². The second-order valence-electron chi connectivity index (χ2n) is 17.9. The average Bonchev–Trinajstić information content (AvgIpc) is 3.75. The molecule has 1 amide bonds. The lowest BCUT2D eigenvalue weighted by Crippen LogP contribution is -2.47. The number of halogens is 1. The number of aromatic nitrogens is 2. The third kappa shape index (κ3) is 9.92. The van der Waals surface area contributed by atoms with Crippen LogP contribution in [0.4, 0.5) is 17.1 Å². The van der Waals surface area contributed by atoms with Gasteiger partial charge in [-0.25, -0.2) is 18.1 Å². The number of nitro benzene ring substituents is 1. The number of nitro groups is 1. The lowest BCUT2D eigenvalue weighted by Gasteiger charge is -2.39. The number of fused-ring (bicyclic) bond motifs is 1. The molecule has 2 fully saturated rings. The van der Waals surface area contributed by atoms with Crippen molar-refractivity contribution in [3.05, 3.63) is 128 Å². The molecule has 63 heavy (non-hydrogen) atoms. The minimum atomic E-state index is -4.62. The van der Waals surface area contributed by atoms with Crippen molar-refractivity contribution in [2.24, 2.45) is 11.3 Å². The minimum absolute atomic E-state index is 0.0775. The summed E-state index contributed by atoms with van der Waals surface area (Å²) < 4.78 is 35.1. The number of rotatable bonds is 13. The minimum Gasteiger partial charge on any atom is -0.381 e. The van der Waals surface area contributed by atoms with E-state index in [0.717, 1.165) is 73.9 Å². The Kier molecular flexibility index (Phi) is 12.7.